The van der Waals surface area contributed by atoms with Crippen LogP contribution in [0.4, 0.5) is 5.69 Å². The number of nitrogens with zero attached hydrogens (tertiary/aromatic N) is 3. The van der Waals surface area contributed by atoms with Crippen molar-refractivity contribution in [1.82, 2.24) is 14.6 Å². The zero-order valence-corrected chi connectivity index (χ0v) is 13.2. The highest BCUT2D eigenvalue weighted by Crippen LogP contribution is 2.39. The molecule has 2 aromatic heterocycles. The van der Waals surface area contributed by atoms with Crippen LogP contribution in [0.5, 0.6) is 0 Å². The minimum Gasteiger partial charge on any atom is -0.320 e. The molecule has 1 saturated carbocycles. The number of aromatic nitrogens is 3. The van der Waals surface area contributed by atoms with Gasteiger partial charge in [-0.3, -0.25) is 4.79 Å². The van der Waals surface area contributed by atoms with Crippen molar-refractivity contribution in [1.29, 1.82) is 0 Å². The largest absolute Gasteiger partial charge is 0.320 e. The molecule has 4 rings (SSSR count). The number of carbonyl (C=O) groups excluding carboxylic acids is 1. The highest BCUT2D eigenvalue weighted by molar-refractivity contribution is 6.03. The van der Waals surface area contributed by atoms with Crippen molar-refractivity contribution >= 4 is 17.2 Å². The van der Waals surface area contributed by atoms with Crippen molar-refractivity contribution in [2.24, 2.45) is 0 Å². The van der Waals surface area contributed by atoms with E-state index >= 15 is 0 Å². The van der Waals surface area contributed by atoms with Crippen molar-refractivity contribution in [3.05, 3.63) is 59.0 Å². The summed E-state index contributed by atoms with van der Waals surface area (Å²) in [5.74, 6) is 0.367. The SMILES string of the molecule is Cc1ccc(C)c(NC(=O)c2ccc3nc(C4CC4)cn3n2)c1. The van der Waals surface area contributed by atoms with Gasteiger partial charge in [0.15, 0.2) is 5.65 Å². The Kier molecular flexibility index (Phi) is 3.15. The van der Waals surface area contributed by atoms with Crippen LogP contribution in [0.3, 0.4) is 0 Å². The third kappa shape index (κ3) is 2.70. The van der Waals surface area contributed by atoms with Gasteiger partial charge in [0, 0.05) is 11.6 Å². The second-order valence-electron chi connectivity index (χ2n) is 6.23. The van der Waals surface area contributed by atoms with Gasteiger partial charge < -0.3 is 5.32 Å². The zero-order chi connectivity index (χ0) is 16.0. The predicted octanol–water partition coefficient (Wildman–Crippen LogP) is 3.48. The normalized spacial score (nSPS) is 14.2. The zero-order valence-electron chi connectivity index (χ0n) is 13.2. The first kappa shape index (κ1) is 13.9. The van der Waals surface area contributed by atoms with Crippen LogP contribution < -0.4 is 5.32 Å². The number of imidazole rings is 1. The third-order valence-corrected chi connectivity index (χ3v) is 4.21. The number of aryl methyl sites for hydroxylation is 2. The highest BCUT2D eigenvalue weighted by Gasteiger charge is 2.26. The van der Waals surface area contributed by atoms with Gasteiger partial charge in [-0.15, -0.1) is 0 Å². The molecule has 1 N–H and O–H groups in total. The van der Waals surface area contributed by atoms with Crippen molar-refractivity contribution < 1.29 is 4.79 Å². The Hall–Kier alpha value is -2.69. The quantitative estimate of drug-likeness (QED) is 0.806. The number of fused-ring (bicyclic) bond motifs is 1. The summed E-state index contributed by atoms with van der Waals surface area (Å²) < 4.78 is 1.70. The summed E-state index contributed by atoms with van der Waals surface area (Å²) in [6, 6.07) is 9.56. The molecule has 0 bridgehead atoms. The molecule has 0 aliphatic heterocycles. The van der Waals surface area contributed by atoms with Gasteiger partial charge in [0.05, 0.1) is 11.9 Å². The lowest BCUT2D eigenvalue weighted by molar-refractivity contribution is 0.102. The molecule has 1 aliphatic carbocycles. The van der Waals surface area contributed by atoms with Gasteiger partial charge in [-0.1, -0.05) is 12.1 Å². The molecule has 23 heavy (non-hydrogen) atoms. The number of anilines is 1. The Bertz CT molecular complexity index is 909. The number of benzene rings is 1. The summed E-state index contributed by atoms with van der Waals surface area (Å²) in [7, 11) is 0. The molecule has 0 saturated heterocycles. The second-order valence-corrected chi connectivity index (χ2v) is 6.23. The van der Waals surface area contributed by atoms with Gasteiger partial charge in [-0.2, -0.15) is 5.10 Å². The lowest BCUT2D eigenvalue weighted by Gasteiger charge is -2.09. The summed E-state index contributed by atoms with van der Waals surface area (Å²) in [5, 5.41) is 7.34. The lowest BCUT2D eigenvalue weighted by atomic mass is 10.1. The molecule has 0 atom stereocenters. The molecule has 1 aliphatic rings. The first-order valence-electron chi connectivity index (χ1n) is 7.85. The summed E-state index contributed by atoms with van der Waals surface area (Å²) in [6.45, 7) is 3.98. The third-order valence-electron chi connectivity index (χ3n) is 4.21. The van der Waals surface area contributed by atoms with Crippen LogP contribution >= 0.6 is 0 Å². The Balaban J connectivity index is 1.62. The van der Waals surface area contributed by atoms with Gasteiger partial charge >= 0.3 is 0 Å². The minimum atomic E-state index is -0.206. The second kappa shape index (κ2) is 5.19. The van der Waals surface area contributed by atoms with E-state index in [0.29, 0.717) is 11.6 Å². The number of rotatable bonds is 3. The summed E-state index contributed by atoms with van der Waals surface area (Å²) in [4.78, 5) is 17.0. The lowest BCUT2D eigenvalue weighted by Crippen LogP contribution is -2.15. The van der Waals surface area contributed by atoms with Crippen LogP contribution in [0.2, 0.25) is 0 Å². The molecule has 1 fully saturated rings. The first-order chi connectivity index (χ1) is 11.1. The molecule has 3 aromatic rings. The Labute approximate surface area is 134 Å². The molecule has 0 radical (unpaired) electrons. The predicted molar refractivity (Wildman–Crippen MR) is 88.8 cm³/mol. The summed E-state index contributed by atoms with van der Waals surface area (Å²) in [6.07, 6.45) is 4.33. The molecule has 0 unspecified atom stereocenters. The molecule has 116 valence electrons. The number of hydrogen-bond acceptors (Lipinski definition) is 3. The van der Waals surface area contributed by atoms with E-state index < -0.39 is 0 Å². The highest BCUT2D eigenvalue weighted by atomic mass is 16.1. The van der Waals surface area contributed by atoms with E-state index in [9.17, 15) is 4.79 Å². The van der Waals surface area contributed by atoms with Crippen molar-refractivity contribution in [3.63, 3.8) is 0 Å². The van der Waals surface area contributed by atoms with Gasteiger partial charge in [0.25, 0.3) is 5.91 Å². The molecule has 5 nitrogen and oxygen atoms in total. The Morgan fingerprint density at radius 2 is 2.04 bits per heavy atom. The molecule has 2 heterocycles. The van der Waals surface area contributed by atoms with Crippen molar-refractivity contribution in [2.75, 3.05) is 5.32 Å². The molecule has 0 spiro atoms. The standard InChI is InChI=1S/C18H18N4O/c1-11-3-4-12(2)15(9-11)20-18(23)14-7-8-17-19-16(13-5-6-13)10-22(17)21-14/h3-4,7-10,13H,5-6H2,1-2H3,(H,20,23). The van der Waals surface area contributed by atoms with E-state index in [0.717, 1.165) is 28.2 Å². The van der Waals surface area contributed by atoms with E-state index in [4.69, 9.17) is 0 Å². The minimum absolute atomic E-state index is 0.206. The smallest absolute Gasteiger partial charge is 0.276 e. The van der Waals surface area contributed by atoms with E-state index in [1.807, 2.05) is 44.3 Å². The van der Waals surface area contributed by atoms with Crippen LogP contribution in [0, 0.1) is 13.8 Å². The fraction of sp³-hybridized carbons (Fsp3) is 0.278. The first-order valence-corrected chi connectivity index (χ1v) is 7.85. The number of hydrogen-bond donors (Lipinski definition) is 1. The topological polar surface area (TPSA) is 59.3 Å². The fourth-order valence-electron chi connectivity index (χ4n) is 2.65. The van der Waals surface area contributed by atoms with Crippen molar-refractivity contribution in [2.45, 2.75) is 32.6 Å². The van der Waals surface area contributed by atoms with E-state index in [1.54, 1.807) is 10.6 Å². The average molecular weight is 306 g/mol. The maximum atomic E-state index is 12.5. The number of carbonyl (C=O) groups is 1. The molecule has 1 aromatic carbocycles. The Morgan fingerprint density at radius 3 is 2.83 bits per heavy atom. The van der Waals surface area contributed by atoms with Gasteiger partial charge in [0.1, 0.15) is 5.69 Å². The van der Waals surface area contributed by atoms with Gasteiger partial charge in [0.2, 0.25) is 0 Å². The molecular weight excluding hydrogens is 288 g/mol. The summed E-state index contributed by atoms with van der Waals surface area (Å²) >= 11 is 0. The van der Waals surface area contributed by atoms with Crippen LogP contribution in [-0.2, 0) is 0 Å². The van der Waals surface area contributed by atoms with Gasteiger partial charge in [-0.05, 0) is 56.0 Å². The van der Waals surface area contributed by atoms with Crippen LogP contribution in [-0.4, -0.2) is 20.5 Å². The van der Waals surface area contributed by atoms with Gasteiger partial charge in [-0.25, -0.2) is 9.50 Å². The maximum Gasteiger partial charge on any atom is 0.276 e. The average Bonchev–Trinajstić information content (AvgIpc) is 3.29. The number of amides is 1. The van der Waals surface area contributed by atoms with E-state index in [-0.39, 0.29) is 5.91 Å². The van der Waals surface area contributed by atoms with E-state index in [1.165, 1.54) is 12.8 Å². The monoisotopic (exact) mass is 306 g/mol. The molecule has 1 amide bonds. The molecular formula is C18H18N4O. The number of nitrogens with one attached hydrogen (secondary N) is 1. The van der Waals surface area contributed by atoms with Crippen LogP contribution in [0.1, 0.15) is 46.1 Å². The summed E-state index contributed by atoms with van der Waals surface area (Å²) in [5.41, 5.74) is 5.21. The van der Waals surface area contributed by atoms with Crippen LogP contribution in [0.25, 0.3) is 5.65 Å². The fourth-order valence-corrected chi connectivity index (χ4v) is 2.65. The maximum absolute atomic E-state index is 12.5. The Morgan fingerprint density at radius 1 is 1.22 bits per heavy atom. The molecule has 5 heteroatoms. The van der Waals surface area contributed by atoms with Crippen molar-refractivity contribution in [3.8, 4) is 0 Å². The van der Waals surface area contributed by atoms with E-state index in [2.05, 4.69) is 15.4 Å². The van der Waals surface area contributed by atoms with Crippen LogP contribution in [0.15, 0.2) is 36.5 Å².